The smallest absolute Gasteiger partial charge is 0.308 e. The van der Waals surface area contributed by atoms with Crippen LogP contribution < -0.4 is 0 Å². The molecule has 0 saturated heterocycles. The van der Waals surface area contributed by atoms with Crippen LogP contribution in [0.3, 0.4) is 0 Å². The Morgan fingerprint density at radius 2 is 0.929 bits per heavy atom. The lowest BCUT2D eigenvalue weighted by Crippen LogP contribution is -2.11. The Kier molecular flexibility index (Phi) is 7.50. The normalized spacial score (nSPS) is 11.8. The molecule has 6 aromatic carbocycles. The second-order valence-electron chi connectivity index (χ2n) is 13.4. The predicted molar refractivity (Wildman–Crippen MR) is 212 cm³/mol. The lowest BCUT2D eigenvalue weighted by Gasteiger charge is -2.23. The quantitative estimate of drug-likeness (QED) is 0.176. The van der Waals surface area contributed by atoms with Gasteiger partial charge in [-0.25, -0.2) is 19.9 Å². The number of rotatable bonds is 5. The van der Waals surface area contributed by atoms with Crippen molar-refractivity contribution in [2.75, 3.05) is 0 Å². The van der Waals surface area contributed by atoms with Gasteiger partial charge in [0.2, 0.25) is 0 Å². The first kappa shape index (κ1) is 33.0. The van der Waals surface area contributed by atoms with Gasteiger partial charge in [-0.05, 0) is 60.2 Å². The maximum absolute atomic E-state index is 15.2. The topological polar surface area (TPSA) is 85.2 Å². The number of alkyl halides is 3. The fraction of sp³-hybridized carbons (Fsp3) is 0.0217. The van der Waals surface area contributed by atoms with E-state index in [1.807, 2.05) is 94.1 Å². The molecule has 4 heterocycles. The van der Waals surface area contributed by atoms with Gasteiger partial charge in [0.15, 0.2) is 11.6 Å². The summed E-state index contributed by atoms with van der Waals surface area (Å²) < 4.78 is 49.6. The van der Waals surface area contributed by atoms with Crippen molar-refractivity contribution in [3.05, 3.63) is 169 Å². The predicted octanol–water partition coefficient (Wildman–Crippen LogP) is 11.4. The van der Waals surface area contributed by atoms with Crippen molar-refractivity contribution >= 4 is 43.6 Å². The molecule has 10 heteroatoms. The molecule has 0 amide bonds. The van der Waals surface area contributed by atoms with Crippen molar-refractivity contribution < 1.29 is 13.2 Å². The van der Waals surface area contributed by atoms with Crippen LogP contribution in [0, 0.1) is 11.3 Å². The number of hydrogen-bond acceptors (Lipinski definition) is 5. The van der Waals surface area contributed by atoms with Crippen molar-refractivity contribution in [2.45, 2.75) is 6.18 Å². The number of nitriles is 1. The molecular formula is C46H26F3N7. The van der Waals surface area contributed by atoms with Crippen LogP contribution in [0.4, 0.5) is 13.2 Å². The summed E-state index contributed by atoms with van der Waals surface area (Å²) in [6, 6.07) is 42.1. The molecule has 0 radical (unpaired) electrons. The van der Waals surface area contributed by atoms with E-state index in [1.54, 1.807) is 55.1 Å². The number of halogens is 3. The van der Waals surface area contributed by atoms with Crippen molar-refractivity contribution in [3.8, 4) is 51.3 Å². The van der Waals surface area contributed by atoms with E-state index in [4.69, 9.17) is 0 Å². The Morgan fingerprint density at radius 1 is 0.482 bits per heavy atom. The molecule has 0 unspecified atom stereocenters. The lowest BCUT2D eigenvalue weighted by molar-refractivity contribution is -0.137. The highest BCUT2D eigenvalue weighted by atomic mass is 19.4. The summed E-state index contributed by atoms with van der Waals surface area (Å²) in [5, 5.41) is 14.2. The van der Waals surface area contributed by atoms with Gasteiger partial charge in [0, 0.05) is 63.0 Å². The second kappa shape index (κ2) is 12.7. The second-order valence-corrected chi connectivity index (χ2v) is 13.4. The standard InChI is InChI=1S/C46H26F3N7/c47-46(48,49)36-12-4-1-11-35(36)43-41(55-37-13-5-2-9-31(37)33-17-15-29(25-39(33)55)44-51-19-7-20-52-44)23-28(27-50)24-42(43)56-38-14-6-3-10-32(38)34-18-16-30(26-40(34)56)45-53-21-8-22-54-45/h1-26H. The molecule has 266 valence electrons. The Hall–Kier alpha value is -7.64. The van der Waals surface area contributed by atoms with Crippen LogP contribution in [0.1, 0.15) is 11.1 Å². The van der Waals surface area contributed by atoms with E-state index in [9.17, 15) is 5.26 Å². The van der Waals surface area contributed by atoms with Gasteiger partial charge in [-0.3, -0.25) is 0 Å². The average Bonchev–Trinajstić information content (AvgIpc) is 3.75. The van der Waals surface area contributed by atoms with Gasteiger partial charge in [-0.2, -0.15) is 18.4 Å². The molecule has 10 aromatic rings. The summed E-state index contributed by atoms with van der Waals surface area (Å²) in [6.45, 7) is 0. The van der Waals surface area contributed by atoms with Crippen LogP contribution >= 0.6 is 0 Å². The fourth-order valence-corrected chi connectivity index (χ4v) is 7.89. The van der Waals surface area contributed by atoms with E-state index in [2.05, 4.69) is 26.0 Å². The Morgan fingerprint density at radius 3 is 1.41 bits per heavy atom. The highest BCUT2D eigenvalue weighted by molar-refractivity contribution is 6.13. The van der Waals surface area contributed by atoms with Gasteiger partial charge >= 0.3 is 6.18 Å². The van der Waals surface area contributed by atoms with Crippen molar-refractivity contribution in [1.82, 2.24) is 29.1 Å². The molecule has 0 aliphatic carbocycles. The van der Waals surface area contributed by atoms with E-state index in [0.29, 0.717) is 39.6 Å². The zero-order valence-electron chi connectivity index (χ0n) is 29.3. The van der Waals surface area contributed by atoms with Crippen LogP contribution in [0.25, 0.3) is 88.9 Å². The van der Waals surface area contributed by atoms with Gasteiger partial charge in [0.05, 0.1) is 50.6 Å². The minimum Gasteiger partial charge on any atom is -0.308 e. The summed E-state index contributed by atoms with van der Waals surface area (Å²) in [5.41, 5.74) is 4.95. The van der Waals surface area contributed by atoms with E-state index in [1.165, 1.54) is 12.1 Å². The number of aromatic nitrogens is 6. The summed E-state index contributed by atoms with van der Waals surface area (Å²) in [4.78, 5) is 17.9. The summed E-state index contributed by atoms with van der Waals surface area (Å²) in [6.07, 6.45) is 1.96. The fourth-order valence-electron chi connectivity index (χ4n) is 7.89. The summed E-state index contributed by atoms with van der Waals surface area (Å²) in [7, 11) is 0. The van der Waals surface area contributed by atoms with Gasteiger partial charge in [-0.15, -0.1) is 0 Å². The van der Waals surface area contributed by atoms with E-state index in [0.717, 1.165) is 49.8 Å². The zero-order chi connectivity index (χ0) is 38.0. The molecule has 0 bridgehead atoms. The monoisotopic (exact) mass is 733 g/mol. The minimum atomic E-state index is -4.70. The van der Waals surface area contributed by atoms with Crippen molar-refractivity contribution in [1.29, 1.82) is 5.26 Å². The number of para-hydroxylation sites is 2. The molecule has 7 nitrogen and oxygen atoms in total. The maximum atomic E-state index is 15.2. The summed E-state index contributed by atoms with van der Waals surface area (Å²) >= 11 is 0. The first-order valence-electron chi connectivity index (χ1n) is 17.8. The van der Waals surface area contributed by atoms with E-state index >= 15 is 13.2 Å². The Balaban J connectivity index is 1.40. The number of fused-ring (bicyclic) bond motifs is 6. The molecule has 56 heavy (non-hydrogen) atoms. The first-order chi connectivity index (χ1) is 27.4. The summed E-state index contributed by atoms with van der Waals surface area (Å²) in [5.74, 6) is 1.01. The molecular weight excluding hydrogens is 708 g/mol. The van der Waals surface area contributed by atoms with Crippen LogP contribution in [-0.4, -0.2) is 29.1 Å². The van der Waals surface area contributed by atoms with Crippen LogP contribution in [-0.2, 0) is 6.18 Å². The maximum Gasteiger partial charge on any atom is 0.417 e. The van der Waals surface area contributed by atoms with Gasteiger partial charge in [-0.1, -0.05) is 78.9 Å². The molecule has 0 fully saturated rings. The van der Waals surface area contributed by atoms with Crippen LogP contribution in [0.2, 0.25) is 0 Å². The third kappa shape index (κ3) is 5.21. The minimum absolute atomic E-state index is 0.0311. The van der Waals surface area contributed by atoms with E-state index < -0.39 is 11.7 Å². The van der Waals surface area contributed by atoms with Crippen LogP contribution in [0.15, 0.2) is 158 Å². The molecule has 0 saturated carbocycles. The number of hydrogen-bond donors (Lipinski definition) is 0. The highest BCUT2D eigenvalue weighted by Gasteiger charge is 2.35. The largest absolute Gasteiger partial charge is 0.417 e. The van der Waals surface area contributed by atoms with Crippen LogP contribution in [0.5, 0.6) is 0 Å². The van der Waals surface area contributed by atoms with Gasteiger partial charge in [0.1, 0.15) is 0 Å². The van der Waals surface area contributed by atoms with E-state index in [-0.39, 0.29) is 11.1 Å². The first-order valence-corrected chi connectivity index (χ1v) is 17.8. The van der Waals surface area contributed by atoms with Crippen molar-refractivity contribution in [2.24, 2.45) is 0 Å². The molecule has 0 aliphatic rings. The third-order valence-corrected chi connectivity index (χ3v) is 10.2. The van der Waals surface area contributed by atoms with Crippen molar-refractivity contribution in [3.63, 3.8) is 0 Å². The van der Waals surface area contributed by atoms with Gasteiger partial charge in [0.25, 0.3) is 0 Å². The lowest BCUT2D eigenvalue weighted by atomic mass is 9.94. The molecule has 0 aliphatic heterocycles. The molecule has 0 N–H and O–H groups in total. The Bertz CT molecular complexity index is 3020. The molecule has 0 atom stereocenters. The van der Waals surface area contributed by atoms with Gasteiger partial charge < -0.3 is 9.13 Å². The highest BCUT2D eigenvalue weighted by Crippen LogP contribution is 2.46. The number of nitrogens with zero attached hydrogens (tertiary/aromatic N) is 7. The number of benzene rings is 6. The Labute approximate surface area is 317 Å². The average molecular weight is 734 g/mol. The third-order valence-electron chi connectivity index (χ3n) is 10.2. The molecule has 10 rings (SSSR count). The molecule has 0 spiro atoms. The SMILES string of the molecule is N#Cc1cc(-n2c3ccccc3c3ccc(-c4ncccn4)cc32)c(-c2ccccc2C(F)(F)F)c(-n2c3ccccc3c3ccc(-c4ncccn4)cc32)c1. The zero-order valence-corrected chi connectivity index (χ0v) is 29.3. The molecule has 4 aromatic heterocycles.